The molecular formula is C23H28N4O3. The second kappa shape index (κ2) is 8.06. The van der Waals surface area contributed by atoms with Gasteiger partial charge in [0.1, 0.15) is 6.33 Å². The van der Waals surface area contributed by atoms with E-state index in [2.05, 4.69) is 27.0 Å². The second-order valence-electron chi connectivity index (χ2n) is 8.73. The summed E-state index contributed by atoms with van der Waals surface area (Å²) < 4.78 is 5.46. The highest BCUT2D eigenvalue weighted by Crippen LogP contribution is 2.54. The van der Waals surface area contributed by atoms with Crippen LogP contribution in [0.25, 0.3) is 0 Å². The SMILES string of the molecule is O=C(C1CCOCC1)N1[C@H](CO)[C@H](c2ccccc2)C12CN(Cc1cncnc1)C2. The highest BCUT2D eigenvalue weighted by atomic mass is 16.5. The molecule has 0 unspecified atom stereocenters. The largest absolute Gasteiger partial charge is 0.394 e. The first-order valence-electron chi connectivity index (χ1n) is 10.8. The molecule has 7 heteroatoms. The highest BCUT2D eigenvalue weighted by molar-refractivity contribution is 5.82. The van der Waals surface area contributed by atoms with Crippen LogP contribution in [0.4, 0.5) is 0 Å². The van der Waals surface area contributed by atoms with Crippen LogP contribution in [0, 0.1) is 5.92 Å². The lowest BCUT2D eigenvalue weighted by atomic mass is 9.60. The van der Waals surface area contributed by atoms with Crippen molar-refractivity contribution in [1.29, 1.82) is 0 Å². The van der Waals surface area contributed by atoms with E-state index in [0.29, 0.717) is 13.2 Å². The number of ether oxygens (including phenoxy) is 1. The molecule has 30 heavy (non-hydrogen) atoms. The Kier molecular flexibility index (Phi) is 5.26. The fraction of sp³-hybridized carbons (Fsp3) is 0.522. The van der Waals surface area contributed by atoms with E-state index in [1.54, 1.807) is 6.33 Å². The number of carbonyl (C=O) groups is 1. The molecule has 1 amide bonds. The number of amides is 1. The number of hydrogen-bond acceptors (Lipinski definition) is 6. The minimum Gasteiger partial charge on any atom is -0.394 e. The molecule has 3 saturated heterocycles. The number of aliphatic hydroxyl groups excluding tert-OH is 1. The standard InChI is InChI=1S/C23H28N4O3/c28-13-20-21(18-4-2-1-3-5-18)23(27(20)22(29)19-6-8-30-9-7-19)14-26(15-23)12-17-10-24-16-25-11-17/h1-5,10-11,16,19-21,28H,6-9,12-15H2/t20-,21+/m1/s1. The molecular weight excluding hydrogens is 380 g/mol. The Morgan fingerprint density at radius 3 is 2.50 bits per heavy atom. The molecule has 3 aliphatic heterocycles. The van der Waals surface area contributed by atoms with Crippen LogP contribution in [0.15, 0.2) is 49.1 Å². The van der Waals surface area contributed by atoms with Crippen LogP contribution in [0.5, 0.6) is 0 Å². The van der Waals surface area contributed by atoms with E-state index in [4.69, 9.17) is 4.74 Å². The number of rotatable bonds is 5. The first kappa shape index (κ1) is 19.6. The zero-order valence-electron chi connectivity index (χ0n) is 17.1. The average molecular weight is 409 g/mol. The Balaban J connectivity index is 1.40. The number of carbonyl (C=O) groups excluding carboxylic acids is 1. The van der Waals surface area contributed by atoms with Gasteiger partial charge in [0.15, 0.2) is 0 Å². The molecule has 158 valence electrons. The van der Waals surface area contributed by atoms with Crippen molar-refractivity contribution in [2.24, 2.45) is 5.92 Å². The van der Waals surface area contributed by atoms with Gasteiger partial charge in [0.25, 0.3) is 0 Å². The van der Waals surface area contributed by atoms with E-state index in [1.165, 1.54) is 5.56 Å². The summed E-state index contributed by atoms with van der Waals surface area (Å²) in [5.74, 6) is 0.334. The zero-order valence-corrected chi connectivity index (χ0v) is 17.1. The van der Waals surface area contributed by atoms with Crippen molar-refractivity contribution in [2.75, 3.05) is 32.9 Å². The van der Waals surface area contributed by atoms with Crippen LogP contribution in [0.3, 0.4) is 0 Å². The van der Waals surface area contributed by atoms with Crippen LogP contribution in [0.1, 0.15) is 29.9 Å². The van der Waals surface area contributed by atoms with Gasteiger partial charge in [-0.25, -0.2) is 9.97 Å². The Bertz CT molecular complexity index is 867. The van der Waals surface area contributed by atoms with Gasteiger partial charge in [0.2, 0.25) is 5.91 Å². The Morgan fingerprint density at radius 1 is 1.13 bits per heavy atom. The van der Waals surface area contributed by atoms with Gasteiger partial charge in [-0.1, -0.05) is 30.3 Å². The van der Waals surface area contributed by atoms with Crippen LogP contribution in [-0.4, -0.2) is 75.3 Å². The molecule has 7 nitrogen and oxygen atoms in total. The van der Waals surface area contributed by atoms with Crippen molar-refractivity contribution in [1.82, 2.24) is 19.8 Å². The van der Waals surface area contributed by atoms with E-state index >= 15 is 0 Å². The maximum atomic E-state index is 13.5. The molecule has 4 heterocycles. The molecule has 0 saturated carbocycles. The van der Waals surface area contributed by atoms with Gasteiger partial charge in [-0.2, -0.15) is 0 Å². The lowest BCUT2D eigenvalue weighted by molar-refractivity contribution is -0.206. The summed E-state index contributed by atoms with van der Waals surface area (Å²) in [4.78, 5) is 26.1. The van der Waals surface area contributed by atoms with Crippen LogP contribution in [-0.2, 0) is 16.1 Å². The van der Waals surface area contributed by atoms with Crippen molar-refractivity contribution in [3.05, 3.63) is 60.2 Å². The second-order valence-corrected chi connectivity index (χ2v) is 8.73. The third-order valence-corrected chi connectivity index (χ3v) is 6.94. The first-order chi connectivity index (χ1) is 14.7. The van der Waals surface area contributed by atoms with E-state index in [-0.39, 0.29) is 35.9 Å². The number of aromatic nitrogens is 2. The lowest BCUT2D eigenvalue weighted by Gasteiger charge is -2.71. The Hall–Kier alpha value is -2.35. The predicted octanol–water partition coefficient (Wildman–Crippen LogP) is 1.44. The van der Waals surface area contributed by atoms with Crippen LogP contribution >= 0.6 is 0 Å². The van der Waals surface area contributed by atoms with E-state index in [1.807, 2.05) is 35.5 Å². The van der Waals surface area contributed by atoms with Crippen molar-refractivity contribution in [3.8, 4) is 0 Å². The van der Waals surface area contributed by atoms with Gasteiger partial charge in [0, 0.05) is 62.6 Å². The molecule has 1 spiro atoms. The molecule has 0 radical (unpaired) electrons. The van der Waals surface area contributed by atoms with Crippen molar-refractivity contribution < 1.29 is 14.6 Å². The molecule has 1 aromatic carbocycles. The van der Waals surface area contributed by atoms with E-state index < -0.39 is 0 Å². The van der Waals surface area contributed by atoms with Crippen molar-refractivity contribution >= 4 is 5.91 Å². The summed E-state index contributed by atoms with van der Waals surface area (Å²) >= 11 is 0. The molecule has 1 N–H and O–H groups in total. The molecule has 0 aliphatic carbocycles. The molecule has 3 fully saturated rings. The molecule has 1 aromatic heterocycles. The number of aliphatic hydroxyl groups is 1. The van der Waals surface area contributed by atoms with Gasteiger partial charge in [-0.3, -0.25) is 9.69 Å². The van der Waals surface area contributed by atoms with Gasteiger partial charge in [-0.05, 0) is 18.4 Å². The number of likely N-dealkylation sites (tertiary alicyclic amines) is 2. The minimum absolute atomic E-state index is 0.00188. The van der Waals surface area contributed by atoms with Gasteiger partial charge in [0.05, 0.1) is 18.2 Å². The third kappa shape index (κ3) is 3.21. The normalized spacial score (nSPS) is 26.2. The van der Waals surface area contributed by atoms with E-state index in [0.717, 1.165) is 38.0 Å². The first-order valence-corrected chi connectivity index (χ1v) is 10.8. The fourth-order valence-electron chi connectivity index (χ4n) is 5.67. The molecule has 2 aromatic rings. The van der Waals surface area contributed by atoms with Crippen LogP contribution in [0.2, 0.25) is 0 Å². The van der Waals surface area contributed by atoms with Gasteiger partial charge in [-0.15, -0.1) is 0 Å². The lowest BCUT2D eigenvalue weighted by Crippen LogP contribution is -2.85. The molecule has 0 bridgehead atoms. The zero-order chi connectivity index (χ0) is 20.6. The minimum atomic E-state index is -0.250. The van der Waals surface area contributed by atoms with Gasteiger partial charge < -0.3 is 14.7 Å². The fourth-order valence-corrected chi connectivity index (χ4v) is 5.67. The molecule has 3 aliphatic rings. The number of benzene rings is 1. The van der Waals surface area contributed by atoms with Crippen LogP contribution < -0.4 is 0 Å². The summed E-state index contributed by atoms with van der Waals surface area (Å²) in [7, 11) is 0. The average Bonchev–Trinajstić information content (AvgIpc) is 2.77. The summed E-state index contributed by atoms with van der Waals surface area (Å²) in [6.07, 6.45) is 6.76. The summed E-state index contributed by atoms with van der Waals surface area (Å²) in [6.45, 7) is 3.64. The summed E-state index contributed by atoms with van der Waals surface area (Å²) in [5.41, 5.74) is 2.03. The van der Waals surface area contributed by atoms with E-state index in [9.17, 15) is 9.90 Å². The maximum Gasteiger partial charge on any atom is 0.226 e. The summed E-state index contributed by atoms with van der Waals surface area (Å²) in [5, 5.41) is 10.2. The summed E-state index contributed by atoms with van der Waals surface area (Å²) in [6, 6.07) is 10.2. The van der Waals surface area contributed by atoms with Gasteiger partial charge >= 0.3 is 0 Å². The number of nitrogens with zero attached hydrogens (tertiary/aromatic N) is 4. The molecule has 5 rings (SSSR count). The topological polar surface area (TPSA) is 78.8 Å². The van der Waals surface area contributed by atoms with Crippen molar-refractivity contribution in [3.63, 3.8) is 0 Å². The third-order valence-electron chi connectivity index (χ3n) is 6.94. The number of hydrogen-bond donors (Lipinski definition) is 1. The predicted molar refractivity (Wildman–Crippen MR) is 110 cm³/mol. The monoisotopic (exact) mass is 408 g/mol. The smallest absolute Gasteiger partial charge is 0.226 e. The van der Waals surface area contributed by atoms with Crippen molar-refractivity contribution in [2.45, 2.75) is 36.9 Å². The maximum absolute atomic E-state index is 13.5. The Morgan fingerprint density at radius 2 is 1.83 bits per heavy atom. The Labute approximate surface area is 176 Å². The quantitative estimate of drug-likeness (QED) is 0.807. The molecule has 2 atom stereocenters. The highest BCUT2D eigenvalue weighted by Gasteiger charge is 2.67.